The first-order valence-corrected chi connectivity index (χ1v) is 12.2. The SMILES string of the molecule is CC(C)Oc1ccccc1N1CCN([C@H]2CC[C@H](NC(=O)Nc3cc(F)cc(F)c3)CC2)CC1. The molecular formula is C26H34F2N4O2. The molecule has 4 rings (SSSR count). The monoisotopic (exact) mass is 472 g/mol. The summed E-state index contributed by atoms with van der Waals surface area (Å²) >= 11 is 0. The van der Waals surface area contributed by atoms with Crippen LogP contribution in [0, 0.1) is 11.6 Å². The Morgan fingerprint density at radius 1 is 0.971 bits per heavy atom. The molecular weight excluding hydrogens is 438 g/mol. The van der Waals surface area contributed by atoms with Gasteiger partial charge in [0, 0.05) is 50.0 Å². The molecule has 1 heterocycles. The number of piperazine rings is 1. The van der Waals surface area contributed by atoms with Crippen LogP contribution in [0.2, 0.25) is 0 Å². The number of para-hydroxylation sites is 2. The number of ether oxygens (including phenoxy) is 1. The first-order valence-electron chi connectivity index (χ1n) is 12.2. The van der Waals surface area contributed by atoms with Crippen molar-refractivity contribution in [1.82, 2.24) is 10.2 Å². The Hall–Kier alpha value is -2.87. The molecule has 0 aromatic heterocycles. The predicted octanol–water partition coefficient (Wildman–Crippen LogP) is 5.01. The topological polar surface area (TPSA) is 56.8 Å². The summed E-state index contributed by atoms with van der Waals surface area (Å²) in [4.78, 5) is 17.2. The van der Waals surface area contributed by atoms with E-state index in [-0.39, 0.29) is 17.8 Å². The average Bonchev–Trinajstić information content (AvgIpc) is 2.79. The Labute approximate surface area is 200 Å². The lowest BCUT2D eigenvalue weighted by Gasteiger charge is -2.43. The minimum Gasteiger partial charge on any atom is -0.489 e. The van der Waals surface area contributed by atoms with E-state index in [1.54, 1.807) is 0 Å². The number of rotatable bonds is 6. The Morgan fingerprint density at radius 3 is 2.26 bits per heavy atom. The normalized spacial score (nSPS) is 21.4. The number of carbonyl (C=O) groups excluding carboxylic acids is 1. The van der Waals surface area contributed by atoms with Crippen LogP contribution in [0.5, 0.6) is 5.75 Å². The predicted molar refractivity (Wildman–Crippen MR) is 131 cm³/mol. The Balaban J connectivity index is 1.22. The van der Waals surface area contributed by atoms with Crippen molar-refractivity contribution < 1.29 is 18.3 Å². The van der Waals surface area contributed by atoms with Crippen LogP contribution < -0.4 is 20.3 Å². The number of nitrogens with one attached hydrogen (secondary N) is 2. The summed E-state index contributed by atoms with van der Waals surface area (Å²) < 4.78 is 32.6. The number of hydrogen-bond donors (Lipinski definition) is 2. The largest absolute Gasteiger partial charge is 0.489 e. The fraction of sp³-hybridized carbons (Fsp3) is 0.500. The second-order valence-corrected chi connectivity index (χ2v) is 9.42. The van der Waals surface area contributed by atoms with Crippen molar-refractivity contribution in [2.24, 2.45) is 0 Å². The maximum atomic E-state index is 13.3. The van der Waals surface area contributed by atoms with Crippen molar-refractivity contribution in [1.29, 1.82) is 0 Å². The van der Waals surface area contributed by atoms with Gasteiger partial charge in [-0.25, -0.2) is 13.6 Å². The van der Waals surface area contributed by atoms with Crippen LogP contribution in [-0.4, -0.2) is 55.3 Å². The fourth-order valence-electron chi connectivity index (χ4n) is 4.96. The van der Waals surface area contributed by atoms with Gasteiger partial charge in [-0.2, -0.15) is 0 Å². The molecule has 0 spiro atoms. The van der Waals surface area contributed by atoms with Gasteiger partial charge in [0.15, 0.2) is 0 Å². The molecule has 0 bridgehead atoms. The highest BCUT2D eigenvalue weighted by Gasteiger charge is 2.29. The molecule has 2 aliphatic rings. The van der Waals surface area contributed by atoms with Crippen LogP contribution in [0.4, 0.5) is 25.0 Å². The molecule has 2 amide bonds. The quantitative estimate of drug-likeness (QED) is 0.621. The summed E-state index contributed by atoms with van der Waals surface area (Å²) in [5.74, 6) is -0.490. The number of nitrogens with zero attached hydrogens (tertiary/aromatic N) is 2. The zero-order valence-corrected chi connectivity index (χ0v) is 19.9. The third-order valence-corrected chi connectivity index (χ3v) is 6.55. The molecule has 34 heavy (non-hydrogen) atoms. The maximum Gasteiger partial charge on any atom is 0.319 e. The zero-order valence-electron chi connectivity index (χ0n) is 19.9. The van der Waals surface area contributed by atoms with Gasteiger partial charge in [-0.05, 0) is 63.8 Å². The van der Waals surface area contributed by atoms with Crippen molar-refractivity contribution in [2.75, 3.05) is 36.4 Å². The highest BCUT2D eigenvalue weighted by Crippen LogP contribution is 2.31. The minimum absolute atomic E-state index is 0.0657. The lowest BCUT2D eigenvalue weighted by Crippen LogP contribution is -2.52. The molecule has 2 aromatic carbocycles. The number of halogens is 2. The number of hydrogen-bond acceptors (Lipinski definition) is 4. The van der Waals surface area contributed by atoms with Gasteiger partial charge in [-0.1, -0.05) is 12.1 Å². The van der Waals surface area contributed by atoms with Gasteiger partial charge in [0.1, 0.15) is 17.4 Å². The van der Waals surface area contributed by atoms with Gasteiger partial charge in [-0.3, -0.25) is 4.90 Å². The van der Waals surface area contributed by atoms with Crippen molar-refractivity contribution in [3.8, 4) is 5.75 Å². The molecule has 1 saturated heterocycles. The molecule has 184 valence electrons. The molecule has 0 atom stereocenters. The van der Waals surface area contributed by atoms with Crippen LogP contribution in [0.3, 0.4) is 0 Å². The minimum atomic E-state index is -0.716. The van der Waals surface area contributed by atoms with E-state index in [2.05, 4.69) is 32.6 Å². The van der Waals surface area contributed by atoms with Crippen LogP contribution in [-0.2, 0) is 0 Å². The van der Waals surface area contributed by atoms with Gasteiger partial charge in [0.2, 0.25) is 0 Å². The summed E-state index contributed by atoms with van der Waals surface area (Å²) in [6.45, 7) is 8.02. The molecule has 8 heteroatoms. The lowest BCUT2D eigenvalue weighted by molar-refractivity contribution is 0.137. The highest BCUT2D eigenvalue weighted by molar-refractivity contribution is 5.89. The van der Waals surface area contributed by atoms with Gasteiger partial charge < -0.3 is 20.3 Å². The Kier molecular flexibility index (Phi) is 7.88. The van der Waals surface area contributed by atoms with Crippen LogP contribution in [0.1, 0.15) is 39.5 Å². The summed E-state index contributed by atoms with van der Waals surface area (Å²) in [7, 11) is 0. The highest BCUT2D eigenvalue weighted by atomic mass is 19.1. The van der Waals surface area contributed by atoms with E-state index in [1.165, 1.54) is 0 Å². The summed E-state index contributed by atoms with van der Waals surface area (Å²) in [6, 6.07) is 11.4. The van der Waals surface area contributed by atoms with Gasteiger partial charge >= 0.3 is 6.03 Å². The first-order chi connectivity index (χ1) is 16.4. The molecule has 1 saturated carbocycles. The second kappa shape index (κ2) is 11.0. The van der Waals surface area contributed by atoms with Gasteiger partial charge in [0.05, 0.1) is 11.8 Å². The van der Waals surface area contributed by atoms with Crippen LogP contribution in [0.25, 0.3) is 0 Å². The molecule has 2 N–H and O–H groups in total. The van der Waals surface area contributed by atoms with E-state index < -0.39 is 17.7 Å². The number of anilines is 2. The number of benzene rings is 2. The van der Waals surface area contributed by atoms with Crippen molar-refractivity contribution in [2.45, 2.75) is 57.7 Å². The standard InChI is InChI=1S/C26H34F2N4O2/c1-18(2)34-25-6-4-3-5-24(25)32-13-11-31(12-14-32)23-9-7-21(8-10-23)29-26(33)30-22-16-19(27)15-20(28)17-22/h3-6,15-18,21,23H,7-14H2,1-2H3,(H2,29,30,33)/t21-,23-. The molecule has 0 radical (unpaired) electrons. The van der Waals surface area contributed by atoms with E-state index in [0.717, 1.165) is 81.5 Å². The molecule has 2 aromatic rings. The van der Waals surface area contributed by atoms with E-state index in [0.29, 0.717) is 6.04 Å². The summed E-state index contributed by atoms with van der Waals surface area (Å²) in [5.41, 5.74) is 1.27. The third-order valence-electron chi connectivity index (χ3n) is 6.55. The Morgan fingerprint density at radius 2 is 1.62 bits per heavy atom. The van der Waals surface area contributed by atoms with E-state index >= 15 is 0 Å². The molecule has 2 fully saturated rings. The first kappa shape index (κ1) is 24.3. The van der Waals surface area contributed by atoms with E-state index in [4.69, 9.17) is 4.74 Å². The number of amides is 2. The lowest BCUT2D eigenvalue weighted by atomic mass is 9.90. The average molecular weight is 473 g/mol. The van der Waals surface area contributed by atoms with Crippen LogP contribution >= 0.6 is 0 Å². The third kappa shape index (κ3) is 6.38. The Bertz CT molecular complexity index is 951. The molecule has 1 aliphatic carbocycles. The second-order valence-electron chi connectivity index (χ2n) is 9.42. The van der Waals surface area contributed by atoms with Gasteiger partial charge in [-0.15, -0.1) is 0 Å². The zero-order chi connectivity index (χ0) is 24.1. The van der Waals surface area contributed by atoms with Gasteiger partial charge in [0.25, 0.3) is 0 Å². The number of urea groups is 1. The fourth-order valence-corrected chi connectivity index (χ4v) is 4.96. The van der Waals surface area contributed by atoms with E-state index in [1.807, 2.05) is 26.0 Å². The van der Waals surface area contributed by atoms with Crippen molar-refractivity contribution >= 4 is 17.4 Å². The number of carbonyl (C=O) groups is 1. The van der Waals surface area contributed by atoms with Crippen molar-refractivity contribution in [3.05, 3.63) is 54.1 Å². The molecule has 6 nitrogen and oxygen atoms in total. The van der Waals surface area contributed by atoms with Crippen LogP contribution in [0.15, 0.2) is 42.5 Å². The van der Waals surface area contributed by atoms with E-state index in [9.17, 15) is 13.6 Å². The molecule has 1 aliphatic heterocycles. The van der Waals surface area contributed by atoms with Crippen molar-refractivity contribution in [3.63, 3.8) is 0 Å². The summed E-state index contributed by atoms with van der Waals surface area (Å²) in [6.07, 6.45) is 3.96. The molecule has 0 unspecified atom stereocenters. The maximum absolute atomic E-state index is 13.3. The summed E-state index contributed by atoms with van der Waals surface area (Å²) in [5, 5.41) is 5.47. The smallest absolute Gasteiger partial charge is 0.319 e.